The Bertz CT molecular complexity index is 635. The molecule has 0 atom stereocenters. The van der Waals surface area contributed by atoms with Gasteiger partial charge in [0.15, 0.2) is 0 Å². The van der Waals surface area contributed by atoms with Gasteiger partial charge >= 0.3 is 5.97 Å². The highest BCUT2D eigenvalue weighted by atomic mass is 16.4. The van der Waals surface area contributed by atoms with E-state index < -0.39 is 5.97 Å². The highest BCUT2D eigenvalue weighted by Gasteiger charge is 2.13. The minimum absolute atomic E-state index is 0.0909. The fourth-order valence-corrected chi connectivity index (χ4v) is 1.88. The van der Waals surface area contributed by atoms with Gasteiger partial charge in [0, 0.05) is 6.42 Å². The van der Waals surface area contributed by atoms with Gasteiger partial charge in [-0.05, 0) is 23.3 Å². The number of benzene rings is 2. The molecule has 1 amide bonds. The number of hydrogen-bond donors (Lipinski definition) is 2. The van der Waals surface area contributed by atoms with Crippen LogP contribution in [0.4, 0.5) is 5.69 Å². The summed E-state index contributed by atoms with van der Waals surface area (Å²) in [4.78, 5) is 22.7. The topological polar surface area (TPSA) is 66.4 Å². The van der Waals surface area contributed by atoms with Gasteiger partial charge in [-0.3, -0.25) is 4.79 Å². The average Bonchev–Trinajstić information content (AvgIpc) is 2.48. The molecule has 0 heterocycles. The second-order valence-electron chi connectivity index (χ2n) is 4.33. The van der Waals surface area contributed by atoms with Gasteiger partial charge in [0.05, 0.1) is 11.3 Å². The molecule has 0 saturated heterocycles. The summed E-state index contributed by atoms with van der Waals surface area (Å²) in [5, 5.41) is 11.9. The van der Waals surface area contributed by atoms with Crippen LogP contribution in [0.3, 0.4) is 0 Å². The Kier molecular flexibility index (Phi) is 4.15. The first kappa shape index (κ1) is 13.8. The van der Waals surface area contributed by atoms with Gasteiger partial charge in [0.2, 0.25) is 5.91 Å². The summed E-state index contributed by atoms with van der Waals surface area (Å²) in [5.41, 5.74) is 2.15. The van der Waals surface area contributed by atoms with Gasteiger partial charge in [-0.2, -0.15) is 0 Å². The summed E-state index contributed by atoms with van der Waals surface area (Å²) in [6, 6.07) is 14.5. The monoisotopic (exact) mass is 269 g/mol. The number of aromatic carboxylic acids is 1. The largest absolute Gasteiger partial charge is 0.478 e. The van der Waals surface area contributed by atoms with E-state index in [4.69, 9.17) is 0 Å². The smallest absolute Gasteiger partial charge is 0.337 e. The van der Waals surface area contributed by atoms with E-state index >= 15 is 0 Å². The Morgan fingerprint density at radius 1 is 1.05 bits per heavy atom. The predicted molar refractivity (Wildman–Crippen MR) is 77.8 cm³/mol. The van der Waals surface area contributed by atoms with E-state index in [1.165, 1.54) is 0 Å². The molecule has 0 aliphatic carbocycles. The number of amides is 1. The number of hydrogen-bond acceptors (Lipinski definition) is 2. The lowest BCUT2D eigenvalue weighted by atomic mass is 10.0. The number of carboxylic acids is 1. The van der Waals surface area contributed by atoms with Crippen LogP contribution in [0.25, 0.3) is 11.1 Å². The van der Waals surface area contributed by atoms with Crippen molar-refractivity contribution in [2.75, 3.05) is 5.32 Å². The summed E-state index contributed by atoms with van der Waals surface area (Å²) in [6.45, 7) is 1.72. The molecule has 2 rings (SSSR count). The van der Waals surface area contributed by atoms with Gasteiger partial charge in [-0.15, -0.1) is 0 Å². The van der Waals surface area contributed by atoms with Crippen molar-refractivity contribution in [1.29, 1.82) is 0 Å². The second-order valence-corrected chi connectivity index (χ2v) is 4.33. The summed E-state index contributed by atoms with van der Waals surface area (Å²) >= 11 is 0. The molecule has 0 radical (unpaired) electrons. The van der Waals surface area contributed by atoms with Gasteiger partial charge in [-0.1, -0.05) is 43.3 Å². The second kappa shape index (κ2) is 6.02. The summed E-state index contributed by atoms with van der Waals surface area (Å²) in [7, 11) is 0. The Morgan fingerprint density at radius 2 is 1.75 bits per heavy atom. The minimum atomic E-state index is -1.06. The van der Waals surface area contributed by atoms with Crippen LogP contribution in [0.1, 0.15) is 23.7 Å². The van der Waals surface area contributed by atoms with E-state index in [1.54, 1.807) is 25.1 Å². The Morgan fingerprint density at radius 3 is 2.35 bits per heavy atom. The maximum absolute atomic E-state index is 11.4. The fraction of sp³-hybridized carbons (Fsp3) is 0.125. The molecule has 2 aromatic carbocycles. The molecular weight excluding hydrogens is 254 g/mol. The first-order valence-electron chi connectivity index (χ1n) is 6.34. The lowest BCUT2D eigenvalue weighted by molar-refractivity contribution is -0.115. The number of anilines is 1. The van der Waals surface area contributed by atoms with Gasteiger partial charge in [0.25, 0.3) is 0 Å². The van der Waals surface area contributed by atoms with Crippen LogP contribution in [0.2, 0.25) is 0 Å². The number of rotatable bonds is 4. The summed E-state index contributed by atoms with van der Waals surface area (Å²) in [6.07, 6.45) is 0.305. The highest BCUT2D eigenvalue weighted by molar-refractivity contribution is 6.01. The summed E-state index contributed by atoms with van der Waals surface area (Å²) < 4.78 is 0. The zero-order valence-corrected chi connectivity index (χ0v) is 11.1. The van der Waals surface area contributed by atoms with Crippen LogP contribution in [0.5, 0.6) is 0 Å². The van der Waals surface area contributed by atoms with Gasteiger partial charge in [0.1, 0.15) is 0 Å². The molecule has 0 fully saturated rings. The first-order chi connectivity index (χ1) is 9.61. The number of carbonyl (C=O) groups excluding carboxylic acids is 1. The van der Waals surface area contributed by atoms with Crippen LogP contribution in [0, 0.1) is 0 Å². The van der Waals surface area contributed by atoms with Crippen molar-refractivity contribution in [2.24, 2.45) is 0 Å². The summed E-state index contributed by atoms with van der Waals surface area (Å²) in [5.74, 6) is -1.27. The van der Waals surface area contributed by atoms with E-state index in [0.717, 1.165) is 11.1 Å². The molecule has 0 spiro atoms. The average molecular weight is 269 g/mol. The van der Waals surface area contributed by atoms with E-state index in [1.807, 2.05) is 30.3 Å². The quantitative estimate of drug-likeness (QED) is 0.894. The molecule has 0 unspecified atom stereocenters. The van der Waals surface area contributed by atoms with Crippen molar-refractivity contribution in [2.45, 2.75) is 13.3 Å². The van der Waals surface area contributed by atoms with Crippen molar-refractivity contribution >= 4 is 17.6 Å². The number of carboxylic acid groups (broad SMARTS) is 1. The van der Waals surface area contributed by atoms with Crippen molar-refractivity contribution < 1.29 is 14.7 Å². The zero-order valence-electron chi connectivity index (χ0n) is 11.1. The van der Waals surface area contributed by atoms with Crippen LogP contribution < -0.4 is 5.32 Å². The van der Waals surface area contributed by atoms with Crippen LogP contribution >= 0.6 is 0 Å². The lowest BCUT2D eigenvalue weighted by Gasteiger charge is -2.10. The molecular formula is C16H15NO3. The minimum Gasteiger partial charge on any atom is -0.478 e. The van der Waals surface area contributed by atoms with E-state index in [2.05, 4.69) is 5.32 Å². The lowest BCUT2D eigenvalue weighted by Crippen LogP contribution is -2.13. The molecule has 4 heteroatoms. The SMILES string of the molecule is CCC(=O)Nc1ccc(-c2ccccc2)cc1C(=O)O. The van der Waals surface area contributed by atoms with Crippen molar-refractivity contribution in [3.63, 3.8) is 0 Å². The third-order valence-electron chi connectivity index (χ3n) is 2.95. The third-order valence-corrected chi connectivity index (χ3v) is 2.95. The van der Waals surface area contributed by atoms with Crippen molar-refractivity contribution in [3.05, 3.63) is 54.1 Å². The fourth-order valence-electron chi connectivity index (χ4n) is 1.88. The maximum atomic E-state index is 11.4. The molecule has 0 aliphatic heterocycles. The molecule has 20 heavy (non-hydrogen) atoms. The molecule has 0 bridgehead atoms. The first-order valence-corrected chi connectivity index (χ1v) is 6.34. The molecule has 0 saturated carbocycles. The highest BCUT2D eigenvalue weighted by Crippen LogP contribution is 2.25. The Hall–Kier alpha value is -2.62. The molecule has 4 nitrogen and oxygen atoms in total. The van der Waals surface area contributed by atoms with Crippen LogP contribution in [0.15, 0.2) is 48.5 Å². The maximum Gasteiger partial charge on any atom is 0.337 e. The Labute approximate surface area is 117 Å². The third kappa shape index (κ3) is 3.03. The molecule has 2 aromatic rings. The number of carbonyl (C=O) groups is 2. The number of nitrogens with one attached hydrogen (secondary N) is 1. The van der Waals surface area contributed by atoms with Crippen molar-refractivity contribution in [3.8, 4) is 11.1 Å². The predicted octanol–water partition coefficient (Wildman–Crippen LogP) is 3.40. The molecule has 2 N–H and O–H groups in total. The van der Waals surface area contributed by atoms with Crippen LogP contribution in [-0.2, 0) is 4.79 Å². The molecule has 0 aromatic heterocycles. The normalized spacial score (nSPS) is 10.1. The molecule has 102 valence electrons. The van der Waals surface area contributed by atoms with Crippen molar-refractivity contribution in [1.82, 2.24) is 0 Å². The molecule has 0 aliphatic rings. The standard InChI is InChI=1S/C16H15NO3/c1-2-15(18)17-14-9-8-12(10-13(14)16(19)20)11-6-4-3-5-7-11/h3-10H,2H2,1H3,(H,17,18)(H,19,20). The van der Waals surface area contributed by atoms with E-state index in [9.17, 15) is 14.7 Å². The van der Waals surface area contributed by atoms with Gasteiger partial charge in [-0.25, -0.2) is 4.79 Å². The Balaban J connectivity index is 2.43. The zero-order chi connectivity index (χ0) is 14.5. The van der Waals surface area contributed by atoms with Gasteiger partial charge < -0.3 is 10.4 Å². The van der Waals surface area contributed by atoms with E-state index in [0.29, 0.717) is 12.1 Å². The van der Waals surface area contributed by atoms with E-state index in [-0.39, 0.29) is 11.5 Å². The van der Waals surface area contributed by atoms with Crippen LogP contribution in [-0.4, -0.2) is 17.0 Å².